The monoisotopic (exact) mass is 395 g/mol. The average Bonchev–Trinajstić information content (AvgIpc) is 3.06. The van der Waals surface area contributed by atoms with E-state index in [4.69, 9.17) is 23.2 Å². The minimum Gasteiger partial charge on any atom is -0.334 e. The second-order valence-corrected chi connectivity index (χ2v) is 7.62. The number of likely N-dealkylation sites (N-methyl/N-ethyl adjacent to an activating group) is 1. The van der Waals surface area contributed by atoms with Gasteiger partial charge in [-0.15, -0.1) is 5.10 Å². The number of piperidine rings is 1. The molecule has 0 aliphatic carbocycles. The third-order valence-electron chi connectivity index (χ3n) is 4.61. The molecule has 1 aliphatic rings. The molecule has 0 saturated carbocycles. The number of nitrogens with zero attached hydrogens (tertiary/aromatic N) is 4. The first-order valence-corrected chi connectivity index (χ1v) is 9.55. The molecule has 1 N–H and O–H groups in total. The summed E-state index contributed by atoms with van der Waals surface area (Å²) in [5.41, 5.74) is 0.554. The van der Waals surface area contributed by atoms with Crippen molar-refractivity contribution in [1.82, 2.24) is 25.0 Å². The molecule has 6 nitrogen and oxygen atoms in total. The lowest BCUT2D eigenvalue weighted by Gasteiger charge is -2.31. The normalized spacial score (nSPS) is 17.8. The van der Waals surface area contributed by atoms with Crippen LogP contribution in [0, 0.1) is 0 Å². The highest BCUT2D eigenvalue weighted by Gasteiger charge is 2.28. The van der Waals surface area contributed by atoms with Gasteiger partial charge in [-0.3, -0.25) is 4.79 Å². The van der Waals surface area contributed by atoms with E-state index in [9.17, 15) is 4.79 Å². The van der Waals surface area contributed by atoms with Gasteiger partial charge in [0.05, 0.1) is 10.0 Å². The largest absolute Gasteiger partial charge is 0.334 e. The molecule has 26 heavy (non-hydrogen) atoms. The topological polar surface area (TPSA) is 63.1 Å². The summed E-state index contributed by atoms with van der Waals surface area (Å²) in [5.74, 6) is 0.739. The number of likely N-dealkylation sites (tertiary alicyclic amines) is 1. The summed E-state index contributed by atoms with van der Waals surface area (Å²) >= 11 is 12.7. The third kappa shape index (κ3) is 3.72. The summed E-state index contributed by atoms with van der Waals surface area (Å²) < 4.78 is 1.60. The Bertz CT molecular complexity index is 785. The maximum atomic E-state index is 12.9. The van der Waals surface area contributed by atoms with E-state index in [0.717, 1.165) is 19.4 Å². The van der Waals surface area contributed by atoms with Crippen molar-refractivity contribution in [3.05, 3.63) is 39.9 Å². The van der Waals surface area contributed by atoms with Gasteiger partial charge >= 0.3 is 0 Å². The average molecular weight is 396 g/mol. The Hall–Kier alpha value is -1.63. The molecule has 1 amide bonds. The molecule has 1 saturated heterocycles. The van der Waals surface area contributed by atoms with Gasteiger partial charge in [-0.05, 0) is 32.0 Å². The molecule has 0 radical (unpaired) electrons. The number of rotatable bonds is 4. The fourth-order valence-corrected chi connectivity index (χ4v) is 3.74. The Morgan fingerprint density at radius 1 is 1.31 bits per heavy atom. The minimum atomic E-state index is -0.159. The van der Waals surface area contributed by atoms with Crippen LogP contribution in [-0.2, 0) is 0 Å². The van der Waals surface area contributed by atoms with E-state index in [2.05, 4.69) is 15.4 Å². The number of carbonyl (C=O) groups is 1. The van der Waals surface area contributed by atoms with Crippen LogP contribution in [0.3, 0.4) is 0 Å². The van der Waals surface area contributed by atoms with Crippen LogP contribution in [0.5, 0.6) is 0 Å². The first-order valence-electron chi connectivity index (χ1n) is 8.80. The quantitative estimate of drug-likeness (QED) is 0.859. The summed E-state index contributed by atoms with van der Waals surface area (Å²) in [6, 6.07) is 5.58. The maximum absolute atomic E-state index is 12.9. The van der Waals surface area contributed by atoms with Crippen molar-refractivity contribution in [3.63, 3.8) is 0 Å². The molecule has 2 aromatic rings. The lowest BCUT2D eigenvalue weighted by molar-refractivity contribution is 0.0686. The number of halogens is 2. The van der Waals surface area contributed by atoms with Crippen LogP contribution in [0.15, 0.2) is 18.2 Å². The Kier molecular flexibility index (Phi) is 5.85. The van der Waals surface area contributed by atoms with Crippen molar-refractivity contribution in [3.8, 4) is 5.69 Å². The van der Waals surface area contributed by atoms with Crippen LogP contribution in [0.4, 0.5) is 0 Å². The Balaban J connectivity index is 1.99. The number of carbonyl (C=O) groups excluding carboxylic acids is 1. The molecular formula is C18H23Cl2N5O. The van der Waals surface area contributed by atoms with E-state index in [0.29, 0.717) is 34.1 Å². The molecule has 140 valence electrons. The Labute approximate surface area is 163 Å². The highest BCUT2D eigenvalue weighted by Crippen LogP contribution is 2.30. The van der Waals surface area contributed by atoms with Gasteiger partial charge in [0.1, 0.15) is 11.5 Å². The lowest BCUT2D eigenvalue weighted by Crippen LogP contribution is -2.47. The maximum Gasteiger partial charge on any atom is 0.293 e. The van der Waals surface area contributed by atoms with Crippen molar-refractivity contribution < 1.29 is 4.79 Å². The molecule has 1 aromatic heterocycles. The number of benzene rings is 1. The van der Waals surface area contributed by atoms with Gasteiger partial charge in [-0.25, -0.2) is 9.67 Å². The molecule has 1 aromatic carbocycles. The second kappa shape index (κ2) is 7.94. The molecule has 1 atom stereocenters. The summed E-state index contributed by atoms with van der Waals surface area (Å²) in [6.07, 6.45) is 2.03. The second-order valence-electron chi connectivity index (χ2n) is 6.81. The number of hydrogen-bond donors (Lipinski definition) is 1. The number of aromatic nitrogens is 3. The van der Waals surface area contributed by atoms with E-state index in [1.807, 2.05) is 25.8 Å². The van der Waals surface area contributed by atoms with Crippen molar-refractivity contribution in [2.24, 2.45) is 0 Å². The SMILES string of the molecule is CNC1CCCN(C(=O)c2nc(C(C)C)n(-c3c(Cl)cccc3Cl)n2)C1. The Morgan fingerprint density at radius 2 is 2.00 bits per heavy atom. The predicted molar refractivity (Wildman–Crippen MR) is 103 cm³/mol. The van der Waals surface area contributed by atoms with E-state index in [1.54, 1.807) is 22.9 Å². The molecule has 2 heterocycles. The molecule has 0 spiro atoms. The highest BCUT2D eigenvalue weighted by atomic mass is 35.5. The number of para-hydroxylation sites is 1. The van der Waals surface area contributed by atoms with Gasteiger partial charge in [-0.2, -0.15) is 0 Å². The van der Waals surface area contributed by atoms with E-state index in [-0.39, 0.29) is 17.6 Å². The van der Waals surface area contributed by atoms with Crippen molar-refractivity contribution in [2.75, 3.05) is 20.1 Å². The van der Waals surface area contributed by atoms with Crippen LogP contribution in [0.1, 0.15) is 49.1 Å². The molecule has 1 aliphatic heterocycles. The minimum absolute atomic E-state index is 0.0582. The molecule has 3 rings (SSSR count). The fourth-order valence-electron chi connectivity index (χ4n) is 3.18. The standard InChI is InChI=1S/C18H23Cl2N5O/c1-11(2)17-22-16(18(26)24-9-5-6-12(10-24)21-3)23-25(17)15-13(19)7-4-8-14(15)20/h4,7-8,11-12,21H,5-6,9-10H2,1-3H3. The molecular weight excluding hydrogens is 373 g/mol. The number of amides is 1. The van der Waals surface area contributed by atoms with Gasteiger partial charge < -0.3 is 10.2 Å². The first kappa shape index (κ1) is 19.1. The predicted octanol–water partition coefficient (Wildman–Crippen LogP) is 3.52. The summed E-state index contributed by atoms with van der Waals surface area (Å²) in [6.45, 7) is 5.37. The zero-order valence-corrected chi connectivity index (χ0v) is 16.7. The highest BCUT2D eigenvalue weighted by molar-refractivity contribution is 6.37. The van der Waals surface area contributed by atoms with Crippen LogP contribution in [-0.4, -0.2) is 51.8 Å². The van der Waals surface area contributed by atoms with Crippen molar-refractivity contribution in [2.45, 2.75) is 38.6 Å². The number of hydrogen-bond acceptors (Lipinski definition) is 4. The van der Waals surface area contributed by atoms with Gasteiger partial charge in [0.25, 0.3) is 5.91 Å². The molecule has 1 fully saturated rings. The zero-order chi connectivity index (χ0) is 18.8. The van der Waals surface area contributed by atoms with Gasteiger partial charge in [-0.1, -0.05) is 43.1 Å². The first-order chi connectivity index (χ1) is 12.4. The van der Waals surface area contributed by atoms with Gasteiger partial charge in [0.2, 0.25) is 5.82 Å². The van der Waals surface area contributed by atoms with Gasteiger partial charge in [0, 0.05) is 25.0 Å². The molecule has 1 unspecified atom stereocenters. The lowest BCUT2D eigenvalue weighted by atomic mass is 10.1. The van der Waals surface area contributed by atoms with Gasteiger partial charge in [0.15, 0.2) is 0 Å². The van der Waals surface area contributed by atoms with Crippen LogP contribution >= 0.6 is 23.2 Å². The van der Waals surface area contributed by atoms with Crippen molar-refractivity contribution in [1.29, 1.82) is 0 Å². The van der Waals surface area contributed by atoms with Crippen LogP contribution in [0.2, 0.25) is 10.0 Å². The summed E-state index contributed by atoms with van der Waals surface area (Å²) in [5, 5.41) is 8.65. The van der Waals surface area contributed by atoms with E-state index >= 15 is 0 Å². The molecule has 8 heteroatoms. The summed E-state index contributed by atoms with van der Waals surface area (Å²) in [4.78, 5) is 19.3. The Morgan fingerprint density at radius 3 is 2.62 bits per heavy atom. The third-order valence-corrected chi connectivity index (χ3v) is 5.22. The van der Waals surface area contributed by atoms with E-state index in [1.165, 1.54) is 0 Å². The molecule has 0 bridgehead atoms. The smallest absolute Gasteiger partial charge is 0.293 e. The fraction of sp³-hybridized carbons (Fsp3) is 0.500. The van der Waals surface area contributed by atoms with Crippen LogP contribution in [0.25, 0.3) is 5.69 Å². The summed E-state index contributed by atoms with van der Waals surface area (Å²) in [7, 11) is 1.92. The van der Waals surface area contributed by atoms with Crippen molar-refractivity contribution >= 4 is 29.1 Å². The number of nitrogens with one attached hydrogen (secondary N) is 1. The van der Waals surface area contributed by atoms with Crippen LogP contribution < -0.4 is 5.32 Å². The van der Waals surface area contributed by atoms with E-state index < -0.39 is 0 Å². The zero-order valence-electron chi connectivity index (χ0n) is 15.2.